The number of carbonyl (C=O) groups excluding carboxylic acids is 6. The Kier molecular flexibility index (Phi) is 11.0. The van der Waals surface area contributed by atoms with Gasteiger partial charge in [0.2, 0.25) is 0 Å². The van der Waals surface area contributed by atoms with E-state index in [1.807, 2.05) is 0 Å². The van der Waals surface area contributed by atoms with Gasteiger partial charge in [0, 0.05) is 0 Å². The molecule has 0 radical (unpaired) electrons. The smallest absolute Gasteiger partial charge is 0.315 e. The molecule has 0 spiro atoms. The average Bonchev–Trinajstić information content (AvgIpc) is 3.85. The lowest BCUT2D eigenvalue weighted by molar-refractivity contribution is -0.136. The molecule has 3 N–H and O–H groups in total. The molecule has 3 fully saturated rings. The standard InChI is InChI=1S/C48H39N6O10P/c55-40-46(34-19-7-1-8-20-34,35-21-9-2-10-22-35)49-43(58)51(40)31-54-45(60)53(42(57)48(54,38-27-15-5-16-28-38)39-29-17-6-18-30-39)33-64-65(61,62)63-32-52-41(56)47(50-44(52)59,36-23-11-3-12-24-36)37-25-13-4-14-26-37/h1-30H,31-33H2,(H,49,58)(H,50,59)(H,61,62). The van der Waals surface area contributed by atoms with Gasteiger partial charge in [-0.2, -0.15) is 0 Å². The second-order valence-corrected chi connectivity index (χ2v) is 16.8. The molecule has 65 heavy (non-hydrogen) atoms. The van der Waals surface area contributed by atoms with Gasteiger partial charge in [-0.05, 0) is 33.4 Å². The van der Waals surface area contributed by atoms with Crippen molar-refractivity contribution in [2.45, 2.75) is 16.6 Å². The summed E-state index contributed by atoms with van der Waals surface area (Å²) in [4.78, 5) is 101. The highest BCUT2D eigenvalue weighted by Crippen LogP contribution is 2.48. The summed E-state index contributed by atoms with van der Waals surface area (Å²) in [6.45, 7) is -2.98. The largest absolute Gasteiger partial charge is 0.475 e. The van der Waals surface area contributed by atoms with Gasteiger partial charge in [0.1, 0.15) is 20.1 Å². The van der Waals surface area contributed by atoms with E-state index in [1.165, 1.54) is 0 Å². The fourth-order valence-electron chi connectivity index (χ4n) is 8.76. The number of urea groups is 3. The Morgan fingerprint density at radius 3 is 1.11 bits per heavy atom. The predicted molar refractivity (Wildman–Crippen MR) is 232 cm³/mol. The van der Waals surface area contributed by atoms with Crippen LogP contribution in [0.25, 0.3) is 0 Å². The number of amides is 9. The summed E-state index contributed by atoms with van der Waals surface area (Å²) >= 11 is 0. The van der Waals surface area contributed by atoms with Crippen molar-refractivity contribution in [3.05, 3.63) is 215 Å². The third-order valence-corrected chi connectivity index (χ3v) is 12.7. The first kappa shape index (κ1) is 42.5. The van der Waals surface area contributed by atoms with Gasteiger partial charge in [-0.1, -0.05) is 182 Å². The third-order valence-electron chi connectivity index (χ3n) is 11.8. The van der Waals surface area contributed by atoms with Crippen LogP contribution in [0.3, 0.4) is 0 Å². The number of hydrogen-bond donors (Lipinski definition) is 3. The van der Waals surface area contributed by atoms with Crippen molar-refractivity contribution in [3.8, 4) is 0 Å². The zero-order chi connectivity index (χ0) is 45.4. The summed E-state index contributed by atoms with van der Waals surface area (Å²) < 4.78 is 24.1. The van der Waals surface area contributed by atoms with E-state index in [0.717, 1.165) is 9.80 Å². The highest BCUT2D eigenvalue weighted by Gasteiger charge is 2.63. The molecule has 9 rings (SSSR count). The summed E-state index contributed by atoms with van der Waals surface area (Å²) in [5.41, 5.74) is -3.22. The number of imide groups is 3. The number of hydrogen-bond acceptors (Lipinski definition) is 9. The molecule has 17 heteroatoms. The molecule has 0 saturated carbocycles. The molecule has 326 valence electrons. The molecule has 3 heterocycles. The summed E-state index contributed by atoms with van der Waals surface area (Å²) in [6.07, 6.45) is 0. The Labute approximate surface area is 372 Å². The van der Waals surface area contributed by atoms with Crippen molar-refractivity contribution in [2.75, 3.05) is 20.1 Å². The number of benzene rings is 6. The lowest BCUT2D eigenvalue weighted by Gasteiger charge is -2.37. The first-order chi connectivity index (χ1) is 31.4. The Hall–Kier alpha value is -7.75. The van der Waals surface area contributed by atoms with Crippen LogP contribution in [0, 0.1) is 0 Å². The molecule has 0 aromatic heterocycles. The number of carbonyl (C=O) groups is 6. The van der Waals surface area contributed by atoms with Gasteiger partial charge in [-0.15, -0.1) is 0 Å². The fourth-order valence-corrected chi connectivity index (χ4v) is 9.35. The lowest BCUT2D eigenvalue weighted by Crippen LogP contribution is -2.53. The summed E-state index contributed by atoms with van der Waals surface area (Å²) in [5, 5.41) is 5.58. The molecule has 3 aliphatic heterocycles. The van der Waals surface area contributed by atoms with Crippen LogP contribution in [0.1, 0.15) is 33.4 Å². The molecule has 16 nitrogen and oxygen atoms in total. The van der Waals surface area contributed by atoms with Gasteiger partial charge >= 0.3 is 25.9 Å². The van der Waals surface area contributed by atoms with Crippen molar-refractivity contribution in [3.63, 3.8) is 0 Å². The zero-order valence-electron chi connectivity index (χ0n) is 34.3. The second kappa shape index (κ2) is 16.7. The van der Waals surface area contributed by atoms with Gasteiger partial charge in [-0.25, -0.2) is 33.6 Å². The summed E-state index contributed by atoms with van der Waals surface area (Å²) in [5.74, 6) is -2.49. The van der Waals surface area contributed by atoms with E-state index in [2.05, 4.69) is 10.6 Å². The monoisotopic (exact) mass is 890 g/mol. The van der Waals surface area contributed by atoms with Gasteiger partial charge in [0.05, 0.1) is 0 Å². The maximum absolute atomic E-state index is 15.1. The highest BCUT2D eigenvalue weighted by atomic mass is 31.2. The van der Waals surface area contributed by atoms with E-state index in [9.17, 15) is 33.4 Å². The molecule has 9 amide bonds. The van der Waals surface area contributed by atoms with Gasteiger partial charge in [-0.3, -0.25) is 28.3 Å². The minimum atomic E-state index is -5.30. The number of rotatable bonds is 14. The minimum absolute atomic E-state index is 0.263. The maximum Gasteiger partial charge on any atom is 0.475 e. The Morgan fingerprint density at radius 1 is 0.431 bits per heavy atom. The minimum Gasteiger partial charge on any atom is -0.315 e. The van der Waals surface area contributed by atoms with E-state index < -0.39 is 80.4 Å². The third kappa shape index (κ3) is 6.96. The van der Waals surface area contributed by atoms with Crippen LogP contribution in [0.4, 0.5) is 14.4 Å². The quantitative estimate of drug-likeness (QED) is 0.0838. The molecule has 0 bridgehead atoms. The van der Waals surface area contributed by atoms with Crippen LogP contribution in [0.15, 0.2) is 182 Å². The van der Waals surface area contributed by atoms with Crippen LogP contribution in [-0.2, 0) is 44.6 Å². The molecular formula is C48H39N6O10P. The van der Waals surface area contributed by atoms with Crippen LogP contribution >= 0.6 is 7.82 Å². The summed E-state index contributed by atoms with van der Waals surface area (Å²) in [6, 6.07) is 47.6. The van der Waals surface area contributed by atoms with Crippen LogP contribution in [-0.4, -0.2) is 80.4 Å². The lowest BCUT2D eigenvalue weighted by atomic mass is 9.81. The van der Waals surface area contributed by atoms with Crippen LogP contribution in [0.5, 0.6) is 0 Å². The number of nitrogens with zero attached hydrogens (tertiary/aromatic N) is 4. The SMILES string of the molecule is O=C1NC(c2ccccc2)(c2ccccc2)C(=O)N1COP(=O)(O)OCN1C(=O)N(CN2C(=O)NC(c3ccccc3)(c3ccccc3)C2=O)C(c2ccccc2)(c2ccccc2)C1=O. The van der Waals surface area contributed by atoms with E-state index in [4.69, 9.17) is 9.05 Å². The number of phosphoric acid groups is 1. The highest BCUT2D eigenvalue weighted by molar-refractivity contribution is 7.47. The van der Waals surface area contributed by atoms with Crippen LogP contribution < -0.4 is 10.6 Å². The number of nitrogens with one attached hydrogen (secondary N) is 2. The molecule has 0 aliphatic carbocycles. The second-order valence-electron chi connectivity index (χ2n) is 15.3. The molecule has 6 aromatic carbocycles. The number of phosphoric ester groups is 1. The molecular weight excluding hydrogens is 852 g/mol. The maximum atomic E-state index is 15.1. The first-order valence-corrected chi connectivity index (χ1v) is 21.8. The van der Waals surface area contributed by atoms with E-state index in [-0.39, 0.29) is 11.1 Å². The first-order valence-electron chi connectivity index (χ1n) is 20.3. The topological polar surface area (TPSA) is 195 Å². The molecule has 3 aliphatic rings. The van der Waals surface area contributed by atoms with Crippen molar-refractivity contribution in [1.82, 2.24) is 30.2 Å². The molecule has 1 atom stereocenters. The Morgan fingerprint density at radius 2 is 0.738 bits per heavy atom. The Bertz CT molecular complexity index is 2720. The van der Waals surface area contributed by atoms with Crippen molar-refractivity contribution < 1.29 is 47.3 Å². The average molecular weight is 891 g/mol. The Balaban J connectivity index is 1.02. The van der Waals surface area contributed by atoms with E-state index in [1.54, 1.807) is 182 Å². The van der Waals surface area contributed by atoms with E-state index in [0.29, 0.717) is 32.1 Å². The zero-order valence-corrected chi connectivity index (χ0v) is 35.2. The molecule has 1 unspecified atom stereocenters. The molecule has 3 saturated heterocycles. The van der Waals surface area contributed by atoms with Gasteiger partial charge in [0.25, 0.3) is 17.7 Å². The van der Waals surface area contributed by atoms with Crippen molar-refractivity contribution >= 4 is 43.6 Å². The van der Waals surface area contributed by atoms with Crippen molar-refractivity contribution in [2.24, 2.45) is 0 Å². The molecule has 6 aromatic rings. The van der Waals surface area contributed by atoms with E-state index >= 15 is 4.79 Å². The normalized spacial score (nSPS) is 18.5. The predicted octanol–water partition coefficient (Wildman–Crippen LogP) is 6.19. The van der Waals surface area contributed by atoms with Gasteiger partial charge < -0.3 is 15.5 Å². The summed E-state index contributed by atoms with van der Waals surface area (Å²) in [7, 11) is -5.30. The van der Waals surface area contributed by atoms with Crippen molar-refractivity contribution in [1.29, 1.82) is 0 Å². The van der Waals surface area contributed by atoms with Crippen LogP contribution in [0.2, 0.25) is 0 Å². The van der Waals surface area contributed by atoms with Gasteiger partial charge in [0.15, 0.2) is 16.6 Å². The fraction of sp³-hybridized carbons (Fsp3) is 0.125.